The fourth-order valence-electron chi connectivity index (χ4n) is 2.13. The Labute approximate surface area is 173 Å². The molecule has 2 aromatic rings. The first kappa shape index (κ1) is 21.0. The van der Waals surface area contributed by atoms with E-state index in [4.69, 9.17) is 28.2 Å². The van der Waals surface area contributed by atoms with Gasteiger partial charge >= 0.3 is 0 Å². The van der Waals surface area contributed by atoms with Crippen LogP contribution in [-0.2, 0) is 9.59 Å². The van der Waals surface area contributed by atoms with Crippen molar-refractivity contribution < 1.29 is 14.0 Å². The van der Waals surface area contributed by atoms with Crippen molar-refractivity contribution >= 4 is 59.8 Å². The molecule has 0 fully saturated rings. The third-order valence-corrected chi connectivity index (χ3v) is 4.31. The van der Waals surface area contributed by atoms with Crippen LogP contribution in [0.2, 0.25) is 5.02 Å². The van der Waals surface area contributed by atoms with Crippen molar-refractivity contribution in [1.29, 1.82) is 0 Å². The van der Waals surface area contributed by atoms with Gasteiger partial charge in [0.15, 0.2) is 0 Å². The largest absolute Gasteiger partial charge is 0.457 e. The maximum absolute atomic E-state index is 12.4. The van der Waals surface area contributed by atoms with Crippen molar-refractivity contribution in [3.63, 3.8) is 0 Å². The maximum Gasteiger partial charge on any atom is 0.265 e. The molecule has 0 aliphatic rings. The van der Waals surface area contributed by atoms with Crippen LogP contribution >= 0.6 is 36.4 Å². The Balaban J connectivity index is 2.12. The highest BCUT2D eigenvalue weighted by Crippen LogP contribution is 2.29. The van der Waals surface area contributed by atoms with Crippen molar-refractivity contribution in [2.75, 3.05) is 13.1 Å². The molecule has 1 aromatic heterocycles. The number of thiol groups is 1. The fourth-order valence-corrected chi connectivity index (χ4v) is 2.79. The van der Waals surface area contributed by atoms with E-state index in [2.05, 4.69) is 24.5 Å². The predicted molar refractivity (Wildman–Crippen MR) is 115 cm³/mol. The van der Waals surface area contributed by atoms with Crippen LogP contribution < -0.4 is 5.32 Å². The van der Waals surface area contributed by atoms with Gasteiger partial charge in [-0.2, -0.15) is 0 Å². The quantitative estimate of drug-likeness (QED) is 0.293. The van der Waals surface area contributed by atoms with Gasteiger partial charge in [-0.05, 0) is 30.3 Å². The van der Waals surface area contributed by atoms with Crippen LogP contribution in [0.4, 0.5) is 0 Å². The lowest BCUT2D eigenvalue weighted by Gasteiger charge is -2.16. The van der Waals surface area contributed by atoms with Crippen molar-refractivity contribution in [3.8, 4) is 11.3 Å². The second kappa shape index (κ2) is 10.1. The molecule has 2 amide bonds. The Morgan fingerprint density at radius 1 is 1.30 bits per heavy atom. The number of hydrogen-bond acceptors (Lipinski definition) is 5. The van der Waals surface area contributed by atoms with Gasteiger partial charge in [0, 0.05) is 12.1 Å². The van der Waals surface area contributed by atoms with Crippen LogP contribution in [0.5, 0.6) is 0 Å². The van der Waals surface area contributed by atoms with Gasteiger partial charge in [-0.3, -0.25) is 14.5 Å². The maximum atomic E-state index is 12.4. The second-order valence-corrected chi connectivity index (χ2v) is 6.44. The molecule has 5 nitrogen and oxygen atoms in total. The molecule has 140 valence electrons. The number of furan rings is 1. The Hall–Kier alpha value is -2.35. The molecule has 0 saturated heterocycles. The number of thiocarbonyl (C=S) groups is 1. The van der Waals surface area contributed by atoms with E-state index in [9.17, 15) is 9.59 Å². The van der Waals surface area contributed by atoms with Crippen molar-refractivity contribution in [2.24, 2.45) is 0 Å². The van der Waals surface area contributed by atoms with Gasteiger partial charge in [0.05, 0.1) is 15.4 Å². The van der Waals surface area contributed by atoms with Gasteiger partial charge in [-0.15, -0.1) is 19.2 Å². The average molecular weight is 421 g/mol. The molecular formula is C19H17ClN2O3S2. The topological polar surface area (TPSA) is 62.6 Å². The smallest absolute Gasteiger partial charge is 0.265 e. The summed E-state index contributed by atoms with van der Waals surface area (Å²) in [7, 11) is 0. The molecule has 1 N–H and O–H groups in total. The van der Waals surface area contributed by atoms with Gasteiger partial charge < -0.3 is 9.73 Å². The van der Waals surface area contributed by atoms with Gasteiger partial charge in [0.1, 0.15) is 18.1 Å². The Morgan fingerprint density at radius 3 is 2.70 bits per heavy atom. The van der Waals surface area contributed by atoms with E-state index in [1.807, 2.05) is 18.2 Å². The number of nitrogens with one attached hydrogen (secondary N) is 1. The number of carbonyl (C=O) groups is 2. The van der Waals surface area contributed by atoms with Crippen LogP contribution in [0.3, 0.4) is 0 Å². The van der Waals surface area contributed by atoms with E-state index >= 15 is 0 Å². The SMILES string of the molecule is C=CCNC(=O)CN(C=S)C(=O)/C(S)=C/c1ccc(-c2ccccc2Cl)o1. The standard InChI is InChI=1S/C19H17ClN2O3S2/c1-2-9-21-18(23)11-22(12-26)19(24)17(27)10-13-7-8-16(25-13)14-5-3-4-6-15(14)20/h2-8,10,12,27H,1,9,11H2,(H,21,23)/b17-10-. The molecule has 1 aromatic carbocycles. The number of amides is 2. The van der Waals surface area contributed by atoms with E-state index in [0.29, 0.717) is 23.1 Å². The van der Waals surface area contributed by atoms with Crippen LogP contribution in [0, 0.1) is 0 Å². The summed E-state index contributed by atoms with van der Waals surface area (Å²) in [6, 6.07) is 10.7. The first-order valence-electron chi connectivity index (χ1n) is 7.85. The van der Waals surface area contributed by atoms with Gasteiger partial charge in [0.2, 0.25) is 5.91 Å². The molecule has 0 aliphatic heterocycles. The highest BCUT2D eigenvalue weighted by Gasteiger charge is 2.18. The average Bonchev–Trinajstić information content (AvgIpc) is 3.12. The molecule has 1 heterocycles. The predicted octanol–water partition coefficient (Wildman–Crippen LogP) is 3.96. The number of rotatable bonds is 8. The molecule has 0 radical (unpaired) electrons. The van der Waals surface area contributed by atoms with E-state index in [0.717, 1.165) is 16.0 Å². The molecule has 0 aliphatic carbocycles. The lowest BCUT2D eigenvalue weighted by molar-refractivity contribution is -0.128. The number of halogens is 1. The summed E-state index contributed by atoms with van der Waals surface area (Å²) in [5.74, 6) is 0.113. The summed E-state index contributed by atoms with van der Waals surface area (Å²) in [5, 5.41) is 3.13. The van der Waals surface area contributed by atoms with Crippen molar-refractivity contribution in [2.45, 2.75) is 0 Å². The molecule has 0 unspecified atom stereocenters. The number of carbonyl (C=O) groups excluding carboxylic acids is 2. The Bertz CT molecular complexity index is 893. The van der Waals surface area contributed by atoms with Gasteiger partial charge in [0.25, 0.3) is 5.91 Å². The molecule has 0 spiro atoms. The summed E-state index contributed by atoms with van der Waals surface area (Å²) >= 11 is 15.2. The van der Waals surface area contributed by atoms with Crippen molar-refractivity contribution in [1.82, 2.24) is 10.2 Å². The van der Waals surface area contributed by atoms with E-state index in [-0.39, 0.29) is 17.4 Å². The van der Waals surface area contributed by atoms with E-state index in [1.54, 1.807) is 24.3 Å². The zero-order valence-electron chi connectivity index (χ0n) is 14.2. The molecular weight excluding hydrogens is 404 g/mol. The molecule has 2 rings (SSSR count). The zero-order valence-corrected chi connectivity index (χ0v) is 16.7. The molecule has 0 saturated carbocycles. The van der Waals surface area contributed by atoms with Gasteiger partial charge in [-0.1, -0.05) is 42.0 Å². The van der Waals surface area contributed by atoms with E-state index < -0.39 is 5.91 Å². The lowest BCUT2D eigenvalue weighted by atomic mass is 10.2. The molecule has 8 heteroatoms. The van der Waals surface area contributed by atoms with Crippen LogP contribution in [-0.4, -0.2) is 35.3 Å². The number of nitrogens with zero attached hydrogens (tertiary/aromatic N) is 1. The highest BCUT2D eigenvalue weighted by molar-refractivity contribution is 7.85. The zero-order chi connectivity index (χ0) is 19.8. The van der Waals surface area contributed by atoms with Gasteiger partial charge in [-0.25, -0.2) is 0 Å². The van der Waals surface area contributed by atoms with Crippen LogP contribution in [0.15, 0.2) is 58.4 Å². The van der Waals surface area contributed by atoms with Crippen LogP contribution in [0.25, 0.3) is 17.4 Å². The molecule has 0 atom stereocenters. The molecule has 0 bridgehead atoms. The Morgan fingerprint density at radius 2 is 2.04 bits per heavy atom. The minimum atomic E-state index is -0.516. The molecule has 27 heavy (non-hydrogen) atoms. The summed E-state index contributed by atoms with van der Waals surface area (Å²) < 4.78 is 5.71. The lowest BCUT2D eigenvalue weighted by Crippen LogP contribution is -2.39. The minimum Gasteiger partial charge on any atom is -0.457 e. The number of benzene rings is 1. The monoisotopic (exact) mass is 420 g/mol. The minimum absolute atomic E-state index is 0.0766. The van der Waals surface area contributed by atoms with E-state index in [1.165, 1.54) is 6.08 Å². The summed E-state index contributed by atoms with van der Waals surface area (Å²) in [6.45, 7) is 3.60. The van der Waals surface area contributed by atoms with Crippen LogP contribution in [0.1, 0.15) is 5.76 Å². The Kier molecular flexibility index (Phi) is 7.84. The summed E-state index contributed by atoms with van der Waals surface area (Å²) in [5.41, 5.74) is 1.85. The third-order valence-electron chi connectivity index (χ3n) is 3.41. The highest BCUT2D eigenvalue weighted by atomic mass is 35.5. The third kappa shape index (κ3) is 5.82. The normalized spacial score (nSPS) is 11.0. The first-order valence-corrected chi connectivity index (χ1v) is 9.15. The number of hydrogen-bond donors (Lipinski definition) is 2. The van der Waals surface area contributed by atoms with Crippen molar-refractivity contribution in [3.05, 3.63) is 64.7 Å². The summed E-state index contributed by atoms with van der Waals surface area (Å²) in [4.78, 5) is 25.4. The first-order chi connectivity index (χ1) is 13.0. The fraction of sp³-hybridized carbons (Fsp3) is 0.105. The second-order valence-electron chi connectivity index (χ2n) is 5.34. The summed E-state index contributed by atoms with van der Waals surface area (Å²) in [6.07, 6.45) is 3.00.